The lowest BCUT2D eigenvalue weighted by molar-refractivity contribution is -0.684. The molecule has 0 aliphatic heterocycles. The van der Waals surface area contributed by atoms with Gasteiger partial charge >= 0.3 is 0 Å². The van der Waals surface area contributed by atoms with Crippen LogP contribution in [0.25, 0.3) is 0 Å². The summed E-state index contributed by atoms with van der Waals surface area (Å²) < 4.78 is 7.84. The molecule has 0 fully saturated rings. The quantitative estimate of drug-likeness (QED) is 0.624. The Morgan fingerprint density at radius 1 is 1.04 bits per heavy atom. The molecule has 0 spiro atoms. The zero-order chi connectivity index (χ0) is 19.3. The third-order valence-electron chi connectivity index (χ3n) is 4.86. The molecule has 0 saturated heterocycles. The van der Waals surface area contributed by atoms with Crippen LogP contribution in [0.4, 0.5) is 5.69 Å². The second-order valence-corrected chi connectivity index (χ2v) is 7.41. The molecule has 1 amide bonds. The zero-order valence-corrected chi connectivity index (χ0v) is 16.3. The summed E-state index contributed by atoms with van der Waals surface area (Å²) in [6, 6.07) is 16.8. The van der Waals surface area contributed by atoms with Gasteiger partial charge in [0.1, 0.15) is 5.75 Å². The Balaban J connectivity index is 1.49. The number of hydrogen-bond acceptors (Lipinski definition) is 2. The van der Waals surface area contributed by atoms with Gasteiger partial charge in [-0.3, -0.25) is 4.79 Å². The normalized spacial score (nSPS) is 12.9. The largest absolute Gasteiger partial charge is 0.455 e. The SMILES string of the molecule is O=C(C[n+]1ccc2c(c1)CCCC2)Nc1cc(Cl)ccc1Oc1ccccc1. The summed E-state index contributed by atoms with van der Waals surface area (Å²) in [7, 11) is 0. The number of ether oxygens (including phenoxy) is 1. The lowest BCUT2D eigenvalue weighted by Gasteiger charge is -2.14. The summed E-state index contributed by atoms with van der Waals surface area (Å²) in [6.07, 6.45) is 8.74. The average Bonchev–Trinajstić information content (AvgIpc) is 2.71. The lowest BCUT2D eigenvalue weighted by atomic mass is 9.93. The molecule has 0 radical (unpaired) electrons. The van der Waals surface area contributed by atoms with E-state index in [1.807, 2.05) is 41.1 Å². The number of aryl methyl sites for hydroxylation is 2. The first-order valence-corrected chi connectivity index (χ1v) is 9.88. The molecule has 28 heavy (non-hydrogen) atoms. The number of fused-ring (bicyclic) bond motifs is 1. The fraction of sp³-hybridized carbons (Fsp3) is 0.217. The Bertz CT molecular complexity index is 989. The van der Waals surface area contributed by atoms with Gasteiger partial charge in [-0.25, -0.2) is 0 Å². The minimum atomic E-state index is -0.124. The van der Waals surface area contributed by atoms with Crippen molar-refractivity contribution in [3.05, 3.63) is 83.1 Å². The Morgan fingerprint density at radius 2 is 1.82 bits per heavy atom. The molecule has 1 aliphatic carbocycles. The number of halogens is 1. The maximum atomic E-state index is 12.6. The standard InChI is InChI=1S/C23H21ClN2O2/c24-19-10-11-22(28-20-8-2-1-3-9-20)21(14-19)25-23(27)16-26-13-12-17-6-4-5-7-18(17)15-26/h1-3,8-15H,4-7,16H2/p+1. The predicted molar refractivity (Wildman–Crippen MR) is 110 cm³/mol. The zero-order valence-electron chi connectivity index (χ0n) is 15.5. The van der Waals surface area contributed by atoms with E-state index < -0.39 is 0 Å². The van der Waals surface area contributed by atoms with Crippen molar-refractivity contribution in [1.82, 2.24) is 0 Å². The number of nitrogens with one attached hydrogen (secondary N) is 1. The topological polar surface area (TPSA) is 42.2 Å². The van der Waals surface area contributed by atoms with Gasteiger partial charge in [-0.05, 0) is 61.6 Å². The molecule has 1 N–H and O–H groups in total. The Kier molecular flexibility index (Phi) is 5.58. The minimum absolute atomic E-state index is 0.124. The molecule has 1 heterocycles. The highest BCUT2D eigenvalue weighted by Crippen LogP contribution is 2.32. The van der Waals surface area contributed by atoms with Gasteiger partial charge in [-0.1, -0.05) is 29.8 Å². The monoisotopic (exact) mass is 393 g/mol. The number of para-hydroxylation sites is 1. The van der Waals surface area contributed by atoms with Crippen LogP contribution in [0.2, 0.25) is 5.02 Å². The van der Waals surface area contributed by atoms with E-state index >= 15 is 0 Å². The first kappa shape index (κ1) is 18.5. The van der Waals surface area contributed by atoms with E-state index in [1.165, 1.54) is 24.0 Å². The van der Waals surface area contributed by atoms with Crippen LogP contribution in [0.15, 0.2) is 67.0 Å². The van der Waals surface area contributed by atoms with E-state index in [9.17, 15) is 4.79 Å². The molecular formula is C23H22ClN2O2+. The summed E-state index contributed by atoms with van der Waals surface area (Å²) in [5.41, 5.74) is 3.30. The van der Waals surface area contributed by atoms with Crippen molar-refractivity contribution in [2.45, 2.75) is 32.2 Å². The highest BCUT2D eigenvalue weighted by atomic mass is 35.5. The highest BCUT2D eigenvalue weighted by Gasteiger charge is 2.17. The van der Waals surface area contributed by atoms with Crippen molar-refractivity contribution >= 4 is 23.2 Å². The second kappa shape index (κ2) is 8.44. The van der Waals surface area contributed by atoms with E-state index in [2.05, 4.69) is 17.6 Å². The Labute approximate surface area is 169 Å². The number of aromatic nitrogens is 1. The van der Waals surface area contributed by atoms with Gasteiger partial charge < -0.3 is 10.1 Å². The van der Waals surface area contributed by atoms with Crippen molar-refractivity contribution in [1.29, 1.82) is 0 Å². The number of carbonyl (C=O) groups is 1. The first-order chi connectivity index (χ1) is 13.7. The Morgan fingerprint density at radius 3 is 2.64 bits per heavy atom. The summed E-state index contributed by atoms with van der Waals surface area (Å²) in [5.74, 6) is 1.13. The number of anilines is 1. The molecule has 2 aromatic carbocycles. The van der Waals surface area contributed by atoms with Gasteiger partial charge in [-0.15, -0.1) is 0 Å². The van der Waals surface area contributed by atoms with Gasteiger partial charge in [-0.2, -0.15) is 4.57 Å². The van der Waals surface area contributed by atoms with Crippen molar-refractivity contribution in [3.63, 3.8) is 0 Å². The van der Waals surface area contributed by atoms with Gasteiger partial charge in [0.15, 0.2) is 18.1 Å². The van der Waals surface area contributed by atoms with Gasteiger partial charge in [0.05, 0.1) is 5.69 Å². The lowest BCUT2D eigenvalue weighted by Crippen LogP contribution is -2.40. The van der Waals surface area contributed by atoms with Crippen molar-refractivity contribution < 1.29 is 14.1 Å². The molecule has 1 aromatic heterocycles. The maximum absolute atomic E-state index is 12.6. The molecule has 4 nitrogen and oxygen atoms in total. The summed E-state index contributed by atoms with van der Waals surface area (Å²) in [5, 5.41) is 3.47. The third kappa shape index (κ3) is 4.52. The van der Waals surface area contributed by atoms with E-state index in [0.717, 1.165) is 12.8 Å². The van der Waals surface area contributed by atoms with Crippen LogP contribution in [0.1, 0.15) is 24.0 Å². The highest BCUT2D eigenvalue weighted by molar-refractivity contribution is 6.31. The molecule has 3 aromatic rings. The molecule has 4 rings (SSSR count). The van der Waals surface area contributed by atoms with E-state index in [4.69, 9.17) is 16.3 Å². The predicted octanol–water partition coefficient (Wildman–Crippen LogP) is 4.94. The van der Waals surface area contributed by atoms with Gasteiger partial charge in [0.25, 0.3) is 5.91 Å². The van der Waals surface area contributed by atoms with E-state index in [1.54, 1.807) is 18.2 Å². The number of carbonyl (C=O) groups excluding carboxylic acids is 1. The fourth-order valence-electron chi connectivity index (χ4n) is 3.48. The number of amides is 1. The number of pyridine rings is 1. The van der Waals surface area contributed by atoms with Crippen molar-refractivity contribution in [2.75, 3.05) is 5.32 Å². The molecule has 0 atom stereocenters. The summed E-state index contributed by atoms with van der Waals surface area (Å²) in [6.45, 7) is 0.241. The number of hydrogen-bond donors (Lipinski definition) is 1. The molecule has 1 aliphatic rings. The van der Waals surface area contributed by atoms with Crippen LogP contribution in [0.5, 0.6) is 11.5 Å². The maximum Gasteiger partial charge on any atom is 0.290 e. The fourth-order valence-corrected chi connectivity index (χ4v) is 3.65. The van der Waals surface area contributed by atoms with Crippen LogP contribution in [0.3, 0.4) is 0 Å². The van der Waals surface area contributed by atoms with Crippen LogP contribution in [-0.4, -0.2) is 5.91 Å². The summed E-state index contributed by atoms with van der Waals surface area (Å²) >= 11 is 6.13. The van der Waals surface area contributed by atoms with Crippen LogP contribution < -0.4 is 14.6 Å². The average molecular weight is 394 g/mol. The molecule has 0 unspecified atom stereocenters. The molecule has 142 valence electrons. The Hall–Kier alpha value is -2.85. The van der Waals surface area contributed by atoms with E-state index in [0.29, 0.717) is 22.2 Å². The molecule has 0 saturated carbocycles. The van der Waals surface area contributed by atoms with Crippen molar-refractivity contribution in [3.8, 4) is 11.5 Å². The smallest absolute Gasteiger partial charge is 0.290 e. The third-order valence-corrected chi connectivity index (χ3v) is 5.09. The van der Waals surface area contributed by atoms with Crippen LogP contribution >= 0.6 is 11.6 Å². The first-order valence-electron chi connectivity index (χ1n) is 9.50. The number of nitrogens with zero attached hydrogens (tertiary/aromatic N) is 1. The number of rotatable bonds is 5. The van der Waals surface area contributed by atoms with Crippen molar-refractivity contribution in [2.24, 2.45) is 0 Å². The second-order valence-electron chi connectivity index (χ2n) is 6.98. The summed E-state index contributed by atoms with van der Waals surface area (Å²) in [4.78, 5) is 12.6. The number of benzene rings is 2. The van der Waals surface area contributed by atoms with Crippen LogP contribution in [0, 0.1) is 0 Å². The van der Waals surface area contributed by atoms with Crippen LogP contribution in [-0.2, 0) is 24.2 Å². The van der Waals surface area contributed by atoms with Gasteiger partial charge in [0, 0.05) is 16.7 Å². The van der Waals surface area contributed by atoms with E-state index in [-0.39, 0.29) is 12.5 Å². The molecule has 5 heteroatoms. The van der Waals surface area contributed by atoms with Gasteiger partial charge in [0.2, 0.25) is 6.54 Å². The molecular weight excluding hydrogens is 372 g/mol. The molecule has 0 bridgehead atoms. The minimum Gasteiger partial charge on any atom is -0.455 e.